The first-order valence-corrected chi connectivity index (χ1v) is 9.37. The SMILES string of the molecule is Cc1nnnn1-c1ccc(F)c(NC(=O)c2ccccc2-c2ccc(C(F)(F)F)cc2)c1. The molecule has 0 aliphatic carbocycles. The van der Waals surface area contributed by atoms with Gasteiger partial charge in [0.25, 0.3) is 5.91 Å². The summed E-state index contributed by atoms with van der Waals surface area (Å²) in [5, 5.41) is 13.6. The second-order valence-corrected chi connectivity index (χ2v) is 6.88. The highest BCUT2D eigenvalue weighted by Crippen LogP contribution is 2.32. The summed E-state index contributed by atoms with van der Waals surface area (Å²) in [5.74, 6) is -0.814. The van der Waals surface area contributed by atoms with Crippen LogP contribution in [0.3, 0.4) is 0 Å². The predicted octanol–water partition coefficient (Wildman–Crippen LogP) is 5.05. The minimum absolute atomic E-state index is 0.0929. The Labute approximate surface area is 179 Å². The second kappa shape index (κ2) is 8.22. The van der Waals surface area contributed by atoms with E-state index in [9.17, 15) is 22.4 Å². The van der Waals surface area contributed by atoms with Crippen molar-refractivity contribution in [3.05, 3.63) is 89.5 Å². The van der Waals surface area contributed by atoms with E-state index in [1.165, 1.54) is 41.1 Å². The first-order chi connectivity index (χ1) is 15.2. The highest BCUT2D eigenvalue weighted by Gasteiger charge is 2.30. The van der Waals surface area contributed by atoms with Gasteiger partial charge in [0.05, 0.1) is 16.9 Å². The summed E-state index contributed by atoms with van der Waals surface area (Å²) in [5.41, 5.74) is 0.564. The van der Waals surface area contributed by atoms with Gasteiger partial charge in [-0.05, 0) is 64.9 Å². The standard InChI is InChI=1S/C22H15F4N5O/c1-13-28-29-30-31(13)16-10-11-19(23)20(12-16)27-21(32)18-5-3-2-4-17(18)14-6-8-15(9-7-14)22(24,25)26/h2-12H,1H3,(H,27,32). The zero-order valence-corrected chi connectivity index (χ0v) is 16.6. The maximum absolute atomic E-state index is 14.4. The highest BCUT2D eigenvalue weighted by molar-refractivity contribution is 6.08. The maximum atomic E-state index is 14.4. The number of hydrogen-bond donors (Lipinski definition) is 1. The van der Waals surface area contributed by atoms with E-state index in [0.717, 1.165) is 12.1 Å². The molecule has 0 spiro atoms. The molecule has 0 fully saturated rings. The van der Waals surface area contributed by atoms with E-state index in [4.69, 9.17) is 0 Å². The normalized spacial score (nSPS) is 11.4. The summed E-state index contributed by atoms with van der Waals surface area (Å²) in [6, 6.07) is 14.9. The first-order valence-electron chi connectivity index (χ1n) is 9.37. The molecule has 1 N–H and O–H groups in total. The van der Waals surface area contributed by atoms with Crippen molar-refractivity contribution in [1.29, 1.82) is 0 Å². The van der Waals surface area contributed by atoms with Gasteiger partial charge in [-0.2, -0.15) is 17.9 Å². The van der Waals surface area contributed by atoms with E-state index in [1.54, 1.807) is 25.1 Å². The maximum Gasteiger partial charge on any atom is 0.416 e. The van der Waals surface area contributed by atoms with Crippen LogP contribution in [0.4, 0.5) is 23.2 Å². The van der Waals surface area contributed by atoms with Crippen LogP contribution in [0.15, 0.2) is 66.7 Å². The molecule has 1 aromatic heterocycles. The monoisotopic (exact) mass is 441 g/mol. The number of anilines is 1. The van der Waals surface area contributed by atoms with Crippen LogP contribution in [-0.2, 0) is 6.18 Å². The number of aryl methyl sites for hydroxylation is 1. The minimum Gasteiger partial charge on any atom is -0.319 e. The molecule has 32 heavy (non-hydrogen) atoms. The number of benzene rings is 3. The van der Waals surface area contributed by atoms with Gasteiger partial charge in [-0.1, -0.05) is 30.3 Å². The van der Waals surface area contributed by atoms with Crippen molar-refractivity contribution in [2.24, 2.45) is 0 Å². The molecule has 1 heterocycles. The van der Waals surface area contributed by atoms with Crippen LogP contribution in [0.5, 0.6) is 0 Å². The predicted molar refractivity (Wildman–Crippen MR) is 109 cm³/mol. The third-order valence-corrected chi connectivity index (χ3v) is 4.76. The summed E-state index contributed by atoms with van der Waals surface area (Å²) < 4.78 is 54.3. The number of carbonyl (C=O) groups excluding carboxylic acids is 1. The Morgan fingerprint density at radius 1 is 1.00 bits per heavy atom. The Hall–Kier alpha value is -4.08. The number of hydrogen-bond acceptors (Lipinski definition) is 4. The van der Waals surface area contributed by atoms with Crippen molar-refractivity contribution in [2.45, 2.75) is 13.1 Å². The van der Waals surface area contributed by atoms with Gasteiger partial charge < -0.3 is 5.32 Å². The Bertz CT molecular complexity index is 1280. The van der Waals surface area contributed by atoms with Gasteiger partial charge in [-0.15, -0.1) is 5.10 Å². The molecule has 162 valence electrons. The molecular weight excluding hydrogens is 426 g/mol. The first kappa shape index (κ1) is 21.2. The number of aromatic nitrogens is 4. The van der Waals surface area contributed by atoms with Crippen LogP contribution in [0, 0.1) is 12.7 Å². The summed E-state index contributed by atoms with van der Waals surface area (Å²) in [6.45, 7) is 1.67. The molecule has 0 saturated carbocycles. The molecule has 0 unspecified atom stereocenters. The van der Waals surface area contributed by atoms with Gasteiger partial charge in [0, 0.05) is 5.56 Å². The number of halogens is 4. The molecule has 0 saturated heterocycles. The minimum atomic E-state index is -4.46. The fourth-order valence-corrected chi connectivity index (χ4v) is 3.17. The third kappa shape index (κ3) is 4.20. The number of tetrazole rings is 1. The van der Waals surface area contributed by atoms with Gasteiger partial charge >= 0.3 is 6.18 Å². The lowest BCUT2D eigenvalue weighted by molar-refractivity contribution is -0.137. The van der Waals surface area contributed by atoms with Crippen LogP contribution in [-0.4, -0.2) is 26.1 Å². The van der Waals surface area contributed by atoms with E-state index < -0.39 is 23.5 Å². The molecular formula is C22H15F4N5O. The quantitative estimate of drug-likeness (QED) is 0.450. The van der Waals surface area contributed by atoms with Gasteiger partial charge in [0.2, 0.25) is 0 Å². The fourth-order valence-electron chi connectivity index (χ4n) is 3.17. The average Bonchev–Trinajstić information content (AvgIpc) is 3.20. The van der Waals surface area contributed by atoms with E-state index >= 15 is 0 Å². The lowest BCUT2D eigenvalue weighted by Crippen LogP contribution is -2.15. The third-order valence-electron chi connectivity index (χ3n) is 4.76. The number of nitrogens with zero attached hydrogens (tertiary/aromatic N) is 4. The molecule has 6 nitrogen and oxygen atoms in total. The second-order valence-electron chi connectivity index (χ2n) is 6.88. The Kier molecular flexibility index (Phi) is 5.43. The molecule has 1 amide bonds. The summed E-state index contributed by atoms with van der Waals surface area (Å²) >= 11 is 0. The zero-order valence-electron chi connectivity index (χ0n) is 16.6. The average molecular weight is 441 g/mol. The van der Waals surface area contributed by atoms with Crippen LogP contribution in [0.25, 0.3) is 16.8 Å². The van der Waals surface area contributed by atoms with Crippen molar-refractivity contribution >= 4 is 11.6 Å². The number of amides is 1. The van der Waals surface area contributed by atoms with E-state index in [-0.39, 0.29) is 11.3 Å². The highest BCUT2D eigenvalue weighted by atomic mass is 19.4. The van der Waals surface area contributed by atoms with Crippen LogP contribution in [0.2, 0.25) is 0 Å². The molecule has 4 aromatic rings. The van der Waals surface area contributed by atoms with Gasteiger partial charge in [0.1, 0.15) is 5.82 Å². The largest absolute Gasteiger partial charge is 0.416 e. The molecule has 0 atom stereocenters. The van der Waals surface area contributed by atoms with Crippen LogP contribution in [0.1, 0.15) is 21.7 Å². The summed E-state index contributed by atoms with van der Waals surface area (Å²) in [4.78, 5) is 12.9. The van der Waals surface area contributed by atoms with Crippen molar-refractivity contribution in [3.8, 4) is 16.8 Å². The van der Waals surface area contributed by atoms with Crippen molar-refractivity contribution in [1.82, 2.24) is 20.2 Å². The number of rotatable bonds is 4. The molecule has 0 aliphatic heterocycles. The van der Waals surface area contributed by atoms with E-state index in [2.05, 4.69) is 20.8 Å². The Morgan fingerprint density at radius 3 is 2.38 bits per heavy atom. The van der Waals surface area contributed by atoms with Gasteiger partial charge in [0.15, 0.2) is 5.82 Å². The van der Waals surface area contributed by atoms with Gasteiger partial charge in [-0.25, -0.2) is 4.39 Å². The molecule has 0 aliphatic rings. The molecule has 10 heteroatoms. The number of nitrogens with one attached hydrogen (secondary N) is 1. The van der Waals surface area contributed by atoms with Crippen molar-refractivity contribution in [2.75, 3.05) is 5.32 Å². The molecule has 4 rings (SSSR count). The zero-order chi connectivity index (χ0) is 22.9. The molecule has 0 radical (unpaired) electrons. The van der Waals surface area contributed by atoms with Gasteiger partial charge in [-0.3, -0.25) is 4.79 Å². The van der Waals surface area contributed by atoms with Crippen LogP contribution < -0.4 is 5.32 Å². The Morgan fingerprint density at radius 2 is 1.72 bits per heavy atom. The molecule has 0 bridgehead atoms. The fraction of sp³-hybridized carbons (Fsp3) is 0.0909. The number of alkyl halides is 3. The number of carbonyl (C=O) groups is 1. The summed E-state index contributed by atoms with van der Waals surface area (Å²) in [6.07, 6.45) is -4.46. The van der Waals surface area contributed by atoms with E-state index in [1.807, 2.05) is 0 Å². The molecule has 3 aromatic carbocycles. The summed E-state index contributed by atoms with van der Waals surface area (Å²) in [7, 11) is 0. The van der Waals surface area contributed by atoms with E-state index in [0.29, 0.717) is 22.6 Å². The van der Waals surface area contributed by atoms with Crippen LogP contribution >= 0.6 is 0 Å². The Balaban J connectivity index is 1.65. The lowest BCUT2D eigenvalue weighted by atomic mass is 9.98. The van der Waals surface area contributed by atoms with Crippen molar-refractivity contribution in [3.63, 3.8) is 0 Å². The smallest absolute Gasteiger partial charge is 0.319 e. The lowest BCUT2D eigenvalue weighted by Gasteiger charge is -2.13. The topological polar surface area (TPSA) is 72.7 Å². The van der Waals surface area contributed by atoms with Crippen molar-refractivity contribution < 1.29 is 22.4 Å².